The molecule has 6 amide bonds. The van der Waals surface area contributed by atoms with Crippen molar-refractivity contribution in [2.75, 3.05) is 88.8 Å². The molecule has 358 valence electrons. The first-order valence-corrected chi connectivity index (χ1v) is 23.4. The molecule has 1 N–H and O–H groups in total. The molecule has 0 saturated carbocycles. The Morgan fingerprint density at radius 1 is 0.809 bits per heavy atom. The normalized spacial score (nSPS) is 19.9. The number of nitrogens with one attached hydrogen (secondary N) is 1. The number of aromatic nitrogens is 4. The molecule has 68 heavy (non-hydrogen) atoms. The van der Waals surface area contributed by atoms with Crippen molar-refractivity contribution in [3.05, 3.63) is 90.6 Å². The van der Waals surface area contributed by atoms with Crippen molar-refractivity contribution in [1.82, 2.24) is 43.6 Å². The lowest BCUT2D eigenvalue weighted by atomic mass is 9.96. The van der Waals surface area contributed by atoms with E-state index in [2.05, 4.69) is 26.7 Å². The summed E-state index contributed by atoms with van der Waals surface area (Å²) in [4.78, 5) is 112. The molecule has 7 heterocycles. The molecule has 4 fully saturated rings. The van der Waals surface area contributed by atoms with Gasteiger partial charge in [0.15, 0.2) is 11.2 Å². The Morgan fingerprint density at radius 2 is 1.49 bits per heavy atom. The highest BCUT2D eigenvalue weighted by atomic mass is 35.5. The SMILES string of the molecule is C=C(O/C(Cn1c(N2CCN(C(=O)N3CCC(CN4CCN(c5ccc6c(c5)C(=O)N(C5CCC(=O)NC5=O)C6=O)CC4)CC3)CC2)nc2c1c(=O)n(C)c(=O)n2C)=N\C)c1ccc(Cl)c(Cl)c1. The van der Waals surface area contributed by atoms with E-state index in [4.69, 9.17) is 32.9 Å². The predicted molar refractivity (Wildman–Crippen MR) is 255 cm³/mol. The zero-order valence-electron chi connectivity index (χ0n) is 38.1. The van der Waals surface area contributed by atoms with E-state index >= 15 is 0 Å². The van der Waals surface area contributed by atoms with E-state index in [-0.39, 0.29) is 59.4 Å². The molecule has 5 aliphatic heterocycles. The molecule has 0 spiro atoms. The summed E-state index contributed by atoms with van der Waals surface area (Å²) in [5.41, 5.74) is 1.36. The Kier molecular flexibility index (Phi) is 12.9. The highest BCUT2D eigenvalue weighted by Crippen LogP contribution is 2.32. The first-order chi connectivity index (χ1) is 32.6. The minimum absolute atomic E-state index is 0.00545. The van der Waals surface area contributed by atoms with Gasteiger partial charge in [-0.2, -0.15) is 4.98 Å². The minimum Gasteiger partial charge on any atom is -0.441 e. The summed E-state index contributed by atoms with van der Waals surface area (Å²) in [5, 5.41) is 2.96. The van der Waals surface area contributed by atoms with E-state index in [0.29, 0.717) is 66.7 Å². The van der Waals surface area contributed by atoms with E-state index in [1.807, 2.05) is 20.8 Å². The second kappa shape index (κ2) is 18.9. The number of imidazole rings is 1. The fourth-order valence-electron chi connectivity index (χ4n) is 9.79. The average Bonchev–Trinajstić information content (AvgIpc) is 3.84. The number of fused-ring (bicyclic) bond motifs is 2. The second-order valence-corrected chi connectivity index (χ2v) is 18.6. The van der Waals surface area contributed by atoms with Gasteiger partial charge in [0, 0.05) is 111 Å². The number of piperidine rings is 2. The van der Waals surface area contributed by atoms with E-state index in [0.717, 1.165) is 60.7 Å². The van der Waals surface area contributed by atoms with Crippen molar-refractivity contribution in [1.29, 1.82) is 0 Å². The van der Waals surface area contributed by atoms with Gasteiger partial charge in [-0.1, -0.05) is 29.8 Å². The molecule has 22 heteroatoms. The number of carbonyl (C=O) groups excluding carboxylic acids is 5. The second-order valence-electron chi connectivity index (χ2n) is 17.8. The smallest absolute Gasteiger partial charge is 0.332 e. The Hall–Kier alpha value is -6.51. The van der Waals surface area contributed by atoms with E-state index < -0.39 is 40.9 Å². The molecule has 9 rings (SSSR count). The zero-order chi connectivity index (χ0) is 48.1. The number of carbonyl (C=O) groups is 5. The number of likely N-dealkylation sites (tertiary alicyclic amines) is 1. The standard InChI is InChI=1S/C46H52Cl2N12O8/c1-27(29-5-8-33(47)34(48)23-29)68-37(49-2)26-59-38-39(52(3)45(66)53(4)43(38)65)51-44(59)56-19-21-58(22-20-56)46(67)57-13-11-28(12-14-57)25-54-15-17-55(18-16-54)30-6-7-31-32(24-30)42(64)60(41(31)63)35-9-10-36(61)50-40(35)62/h5-8,23-24,28,35H,1,9-22,25-26H2,2-4H3,(H,50,61,62)/b49-37-. The lowest BCUT2D eigenvalue weighted by molar-refractivity contribution is -0.136. The van der Waals surface area contributed by atoms with Crippen LogP contribution in [0.2, 0.25) is 10.0 Å². The lowest BCUT2D eigenvalue weighted by Crippen LogP contribution is -2.55. The highest BCUT2D eigenvalue weighted by molar-refractivity contribution is 6.42. The summed E-state index contributed by atoms with van der Waals surface area (Å²) in [6, 6.07) is 9.22. The van der Waals surface area contributed by atoms with Gasteiger partial charge in [-0.3, -0.25) is 57.8 Å². The van der Waals surface area contributed by atoms with Crippen molar-refractivity contribution < 1.29 is 28.7 Å². The average molecular weight is 972 g/mol. The number of rotatable bonds is 9. The third-order valence-electron chi connectivity index (χ3n) is 13.7. The topological polar surface area (TPSA) is 200 Å². The van der Waals surface area contributed by atoms with Gasteiger partial charge < -0.3 is 24.3 Å². The van der Waals surface area contributed by atoms with Crippen LogP contribution in [-0.4, -0.2) is 159 Å². The minimum atomic E-state index is -1.00. The summed E-state index contributed by atoms with van der Waals surface area (Å²) in [6.45, 7) is 11.1. The zero-order valence-corrected chi connectivity index (χ0v) is 39.6. The number of halogens is 2. The maximum Gasteiger partial charge on any atom is 0.332 e. The molecule has 1 atom stereocenters. The highest BCUT2D eigenvalue weighted by Gasteiger charge is 2.45. The number of nitrogens with zero attached hydrogens (tertiary/aromatic N) is 11. The molecule has 2 aromatic carbocycles. The third kappa shape index (κ3) is 8.75. The molecule has 5 aliphatic rings. The molecule has 2 aromatic heterocycles. The number of hydrogen-bond acceptors (Lipinski definition) is 13. The molecule has 0 aliphatic carbocycles. The van der Waals surface area contributed by atoms with E-state index in [1.54, 1.807) is 49.0 Å². The number of anilines is 2. The van der Waals surface area contributed by atoms with Gasteiger partial charge in [0.25, 0.3) is 17.4 Å². The summed E-state index contributed by atoms with van der Waals surface area (Å²) in [5.74, 6) is -0.706. The quantitative estimate of drug-likeness (QED) is 0.112. The van der Waals surface area contributed by atoms with Crippen LogP contribution >= 0.6 is 23.2 Å². The first-order valence-electron chi connectivity index (χ1n) is 22.7. The number of ether oxygens (including phenoxy) is 1. The van der Waals surface area contributed by atoms with E-state index in [9.17, 15) is 33.6 Å². The maximum absolute atomic E-state index is 13.9. The summed E-state index contributed by atoms with van der Waals surface area (Å²) >= 11 is 12.4. The fourth-order valence-corrected chi connectivity index (χ4v) is 10.1. The van der Waals surface area contributed by atoms with Gasteiger partial charge in [0.1, 0.15) is 18.3 Å². The summed E-state index contributed by atoms with van der Waals surface area (Å²) < 4.78 is 10.2. The Labute approximate surface area is 400 Å². The van der Waals surface area contributed by atoms with Crippen LogP contribution < -0.4 is 26.4 Å². The Morgan fingerprint density at radius 3 is 2.16 bits per heavy atom. The molecule has 4 saturated heterocycles. The van der Waals surface area contributed by atoms with Gasteiger partial charge in [0.05, 0.1) is 21.2 Å². The van der Waals surface area contributed by atoms with Crippen LogP contribution in [0.25, 0.3) is 16.9 Å². The van der Waals surface area contributed by atoms with Crippen LogP contribution in [0.15, 0.2) is 57.6 Å². The van der Waals surface area contributed by atoms with Gasteiger partial charge in [-0.15, -0.1) is 0 Å². The number of hydrogen-bond donors (Lipinski definition) is 1. The molecule has 20 nitrogen and oxygen atoms in total. The van der Waals surface area contributed by atoms with Crippen LogP contribution in [0.1, 0.15) is 52.0 Å². The van der Waals surface area contributed by atoms with Crippen molar-refractivity contribution in [2.45, 2.75) is 38.3 Å². The van der Waals surface area contributed by atoms with E-state index in [1.165, 1.54) is 11.6 Å². The van der Waals surface area contributed by atoms with Crippen LogP contribution in [0.3, 0.4) is 0 Å². The Balaban J connectivity index is 0.778. The Bertz CT molecular complexity index is 2900. The maximum atomic E-state index is 13.9. The summed E-state index contributed by atoms with van der Waals surface area (Å²) in [6.07, 6.45) is 1.95. The number of benzene rings is 2. The van der Waals surface area contributed by atoms with Crippen LogP contribution in [0, 0.1) is 5.92 Å². The van der Waals surface area contributed by atoms with Gasteiger partial charge >= 0.3 is 11.7 Å². The number of aryl methyl sites for hydroxylation is 1. The van der Waals surface area contributed by atoms with Crippen molar-refractivity contribution >= 4 is 87.3 Å². The van der Waals surface area contributed by atoms with Crippen LogP contribution in [0.5, 0.6) is 0 Å². The largest absolute Gasteiger partial charge is 0.441 e. The molecular weight excluding hydrogens is 919 g/mol. The molecule has 0 bridgehead atoms. The summed E-state index contributed by atoms with van der Waals surface area (Å²) in [7, 11) is 4.55. The lowest BCUT2D eigenvalue weighted by Gasteiger charge is -2.41. The predicted octanol–water partition coefficient (Wildman–Crippen LogP) is 2.63. The van der Waals surface area contributed by atoms with Crippen molar-refractivity contribution in [3.8, 4) is 0 Å². The van der Waals surface area contributed by atoms with Gasteiger partial charge in [-0.05, 0) is 61.6 Å². The molecule has 1 unspecified atom stereocenters. The van der Waals surface area contributed by atoms with Crippen molar-refractivity contribution in [2.24, 2.45) is 25.0 Å². The number of amides is 6. The molecule has 0 radical (unpaired) electrons. The monoisotopic (exact) mass is 970 g/mol. The number of imide groups is 2. The van der Waals surface area contributed by atoms with Crippen molar-refractivity contribution in [3.63, 3.8) is 0 Å². The van der Waals surface area contributed by atoms with Crippen LogP contribution in [0.4, 0.5) is 16.4 Å². The molecule has 4 aromatic rings. The molecular formula is C46H52Cl2N12O8. The first kappa shape index (κ1) is 46.6. The fraction of sp³-hybridized carbons (Fsp3) is 0.457. The number of urea groups is 1. The number of piperazine rings is 2. The third-order valence-corrected chi connectivity index (χ3v) is 14.5. The van der Waals surface area contributed by atoms with Gasteiger partial charge in [0.2, 0.25) is 23.7 Å². The van der Waals surface area contributed by atoms with Crippen LogP contribution in [-0.2, 0) is 35.0 Å². The van der Waals surface area contributed by atoms with Gasteiger partial charge in [-0.25, -0.2) is 9.59 Å². The number of aliphatic imine (C=N–C) groups is 1.